The molecule has 0 aromatic heterocycles. The summed E-state index contributed by atoms with van der Waals surface area (Å²) in [6.45, 7) is 1.66. The van der Waals surface area contributed by atoms with Crippen LogP contribution in [0.2, 0.25) is 0 Å². The molecule has 2 amide bonds. The van der Waals surface area contributed by atoms with Gasteiger partial charge in [-0.05, 0) is 148 Å². The summed E-state index contributed by atoms with van der Waals surface area (Å²) in [5, 5.41) is 38.7. The van der Waals surface area contributed by atoms with Crippen LogP contribution in [0.25, 0.3) is 0 Å². The van der Waals surface area contributed by atoms with Gasteiger partial charge in [0.25, 0.3) is 0 Å². The molecule has 2 aromatic rings. The fourth-order valence-electron chi connectivity index (χ4n) is 3.20. The Balaban J connectivity index is 2.70. The van der Waals surface area contributed by atoms with E-state index >= 15 is 0 Å². The summed E-state index contributed by atoms with van der Waals surface area (Å²) < 4.78 is 10.9. The summed E-state index contributed by atoms with van der Waals surface area (Å²) in [6, 6.07) is 3.73. The minimum Gasteiger partial charge on any atom is -0.453 e. The molecular formula is C22H22I6N2O7. The van der Waals surface area contributed by atoms with Crippen molar-refractivity contribution < 1.29 is 34.8 Å². The molecule has 0 saturated carbocycles. The van der Waals surface area contributed by atoms with E-state index in [-0.39, 0.29) is 24.9 Å². The number of benzene rings is 2. The molecule has 2 aromatic carbocycles. The third-order valence-corrected chi connectivity index (χ3v) is 10.2. The number of hydrogen-bond acceptors (Lipinski definition) is 7. The van der Waals surface area contributed by atoms with Gasteiger partial charge in [0.05, 0.1) is 64.2 Å². The summed E-state index contributed by atoms with van der Waals surface area (Å²) in [5.74, 6) is 0.398. The van der Waals surface area contributed by atoms with Gasteiger partial charge in [-0.3, -0.25) is 9.59 Å². The van der Waals surface area contributed by atoms with Crippen LogP contribution < -0.4 is 14.5 Å². The number of ether oxygens (including phenoxy) is 1. The average molecular weight is 1190 g/mol. The Bertz CT molecular complexity index is 1090. The molecule has 0 aliphatic rings. The van der Waals surface area contributed by atoms with Crippen LogP contribution in [0.15, 0.2) is 12.1 Å². The molecule has 2 atom stereocenters. The first-order valence-electron chi connectivity index (χ1n) is 10.4. The first-order chi connectivity index (χ1) is 17.2. The number of nitrogens with zero attached hydrogens (tertiary/aromatic N) is 2. The van der Waals surface area contributed by atoms with E-state index in [2.05, 4.69) is 136 Å². The molecule has 0 saturated heterocycles. The number of aliphatic hydroxyl groups is 4. The molecule has 37 heavy (non-hydrogen) atoms. The number of aliphatic hydroxyl groups excluding tert-OH is 4. The van der Waals surface area contributed by atoms with E-state index in [1.165, 1.54) is 23.6 Å². The topological polar surface area (TPSA) is 131 Å². The van der Waals surface area contributed by atoms with Crippen LogP contribution in [0.3, 0.4) is 0 Å². The van der Waals surface area contributed by atoms with Crippen LogP contribution in [0.5, 0.6) is 11.5 Å². The highest BCUT2D eigenvalue weighted by atomic mass is 127. The lowest BCUT2D eigenvalue weighted by molar-refractivity contribution is -0.117. The summed E-state index contributed by atoms with van der Waals surface area (Å²) >= 11 is 12.8. The zero-order chi connectivity index (χ0) is 28.2. The van der Waals surface area contributed by atoms with Crippen molar-refractivity contribution in [3.05, 3.63) is 33.6 Å². The summed E-state index contributed by atoms with van der Waals surface area (Å²) in [5.41, 5.74) is 1.12. The molecule has 2 unspecified atom stereocenters. The minimum absolute atomic E-state index is 0.0820. The zero-order valence-electron chi connectivity index (χ0n) is 19.3. The van der Waals surface area contributed by atoms with Gasteiger partial charge in [-0.1, -0.05) is 0 Å². The van der Waals surface area contributed by atoms with E-state index < -0.39 is 25.4 Å². The number of rotatable bonds is 10. The third kappa shape index (κ3) is 8.70. The number of anilines is 2. The highest BCUT2D eigenvalue weighted by Crippen LogP contribution is 2.45. The van der Waals surface area contributed by atoms with Crippen molar-refractivity contribution in [1.29, 1.82) is 0 Å². The van der Waals surface area contributed by atoms with Crippen molar-refractivity contribution >= 4 is 159 Å². The maximum absolute atomic E-state index is 12.5. The Hall–Kier alpha value is 1.40. The highest BCUT2D eigenvalue weighted by Gasteiger charge is 2.28. The van der Waals surface area contributed by atoms with E-state index in [9.17, 15) is 30.0 Å². The van der Waals surface area contributed by atoms with E-state index in [0.717, 1.165) is 14.3 Å². The molecule has 0 radical (unpaired) electrons. The predicted octanol–water partition coefficient (Wildman–Crippen LogP) is 4.52. The Morgan fingerprint density at radius 3 is 1.32 bits per heavy atom. The number of amides is 2. The smallest absolute Gasteiger partial charge is 0.224 e. The average Bonchev–Trinajstić information content (AvgIpc) is 2.81. The van der Waals surface area contributed by atoms with Crippen LogP contribution >= 0.6 is 136 Å². The Morgan fingerprint density at radius 1 is 0.730 bits per heavy atom. The molecule has 4 N–H and O–H groups in total. The number of hydrogen-bond donors (Lipinski definition) is 4. The quantitative estimate of drug-likeness (QED) is 0.258. The van der Waals surface area contributed by atoms with Crippen LogP contribution in [-0.4, -0.2) is 70.8 Å². The van der Waals surface area contributed by atoms with E-state index in [4.69, 9.17) is 4.74 Å². The normalized spacial score (nSPS) is 12.8. The SMILES string of the molecule is CC(=O)N(CC(O)CO)c1c(I)cc(I)c(Oc2c(I)cc(I)c(N(CC(O)CO)C(C)=O)c2I)c1I. The van der Waals surface area contributed by atoms with Crippen LogP contribution in [-0.2, 0) is 9.59 Å². The van der Waals surface area contributed by atoms with Crippen LogP contribution in [0.1, 0.15) is 13.8 Å². The molecule has 0 aliphatic carbocycles. The largest absolute Gasteiger partial charge is 0.453 e. The lowest BCUT2D eigenvalue weighted by Crippen LogP contribution is -2.38. The maximum Gasteiger partial charge on any atom is 0.224 e. The number of carbonyl (C=O) groups excluding carboxylic acids is 2. The molecular weight excluding hydrogens is 1170 g/mol. The van der Waals surface area contributed by atoms with Gasteiger partial charge in [-0.2, -0.15) is 0 Å². The predicted molar refractivity (Wildman–Crippen MR) is 191 cm³/mol. The third-order valence-electron chi connectivity index (χ3n) is 4.92. The van der Waals surface area contributed by atoms with Crippen molar-refractivity contribution in [2.75, 3.05) is 36.1 Å². The molecule has 0 bridgehead atoms. The summed E-state index contributed by atoms with van der Waals surface area (Å²) in [6.07, 6.45) is -2.21. The second-order valence-electron chi connectivity index (χ2n) is 7.70. The van der Waals surface area contributed by atoms with Gasteiger partial charge >= 0.3 is 0 Å². The first kappa shape index (κ1) is 34.6. The number of carbonyl (C=O) groups is 2. The lowest BCUT2D eigenvalue weighted by atomic mass is 10.2. The molecule has 0 aliphatic heterocycles. The van der Waals surface area contributed by atoms with Crippen molar-refractivity contribution in [2.45, 2.75) is 26.1 Å². The van der Waals surface area contributed by atoms with Gasteiger partial charge in [-0.15, -0.1) is 0 Å². The van der Waals surface area contributed by atoms with E-state index in [0.29, 0.717) is 30.0 Å². The van der Waals surface area contributed by atoms with Gasteiger partial charge in [0.1, 0.15) is 0 Å². The maximum atomic E-state index is 12.5. The van der Waals surface area contributed by atoms with Crippen molar-refractivity contribution in [2.24, 2.45) is 0 Å². The summed E-state index contributed by atoms with van der Waals surface area (Å²) in [7, 11) is 0. The van der Waals surface area contributed by atoms with Gasteiger partial charge < -0.3 is 35.0 Å². The molecule has 9 nitrogen and oxygen atoms in total. The van der Waals surface area contributed by atoms with Crippen LogP contribution in [0.4, 0.5) is 11.4 Å². The molecule has 15 heteroatoms. The second-order valence-corrected chi connectivity index (χ2v) is 14.5. The fourth-order valence-corrected chi connectivity index (χ4v) is 11.5. The van der Waals surface area contributed by atoms with Crippen LogP contribution in [0, 0.1) is 21.4 Å². The standard InChI is InChI=1S/C22H22I6N2O7/c1-9(33)29(5-11(35)7-31)19-13(23)3-15(25)21(17(19)27)37-22-16(26)4-14(24)20(18(22)28)30(10(2)34)6-12(36)8-32/h3-4,11-12,31-32,35-36H,5-8H2,1-2H3. The lowest BCUT2D eigenvalue weighted by Gasteiger charge is -2.28. The molecule has 0 spiro atoms. The molecule has 0 fully saturated rings. The van der Waals surface area contributed by atoms with E-state index in [1.807, 2.05) is 12.1 Å². The molecule has 0 heterocycles. The van der Waals surface area contributed by atoms with E-state index in [1.54, 1.807) is 0 Å². The second kappa shape index (κ2) is 15.6. The molecule has 2 rings (SSSR count). The van der Waals surface area contributed by atoms with Gasteiger partial charge in [0.15, 0.2) is 11.5 Å². The highest BCUT2D eigenvalue weighted by molar-refractivity contribution is 14.1. The summed E-state index contributed by atoms with van der Waals surface area (Å²) in [4.78, 5) is 27.8. The Morgan fingerprint density at radius 2 is 1.05 bits per heavy atom. The first-order valence-corrected chi connectivity index (χ1v) is 16.9. The van der Waals surface area contributed by atoms with Gasteiger partial charge in [-0.25, -0.2) is 0 Å². The number of halogens is 6. The monoisotopic (exact) mass is 1190 g/mol. The van der Waals surface area contributed by atoms with Gasteiger partial charge in [0, 0.05) is 21.0 Å². The van der Waals surface area contributed by atoms with Gasteiger partial charge in [0.2, 0.25) is 11.8 Å². The molecule has 204 valence electrons. The Kier molecular flexibility index (Phi) is 14.6. The zero-order valence-corrected chi connectivity index (χ0v) is 32.3. The fraction of sp³-hybridized carbons (Fsp3) is 0.364. The van der Waals surface area contributed by atoms with Crippen molar-refractivity contribution in [1.82, 2.24) is 0 Å². The minimum atomic E-state index is -1.10. The Labute approximate surface area is 296 Å². The van der Waals surface area contributed by atoms with Crippen molar-refractivity contribution in [3.8, 4) is 11.5 Å². The van der Waals surface area contributed by atoms with Crippen molar-refractivity contribution in [3.63, 3.8) is 0 Å².